The van der Waals surface area contributed by atoms with E-state index in [1.807, 2.05) is 259 Å². The van der Waals surface area contributed by atoms with Crippen LogP contribution in [0.1, 0.15) is 74.8 Å². The third-order valence-electron chi connectivity index (χ3n) is 20.0. The predicted molar refractivity (Wildman–Crippen MR) is 439 cm³/mol. The van der Waals surface area contributed by atoms with Gasteiger partial charge in [-0.25, -0.2) is 39.0 Å². The maximum Gasteiger partial charge on any atom is 0.338 e. The molecule has 17 aromatic rings. The van der Waals surface area contributed by atoms with Crippen LogP contribution in [0.2, 0.25) is 0 Å². The number of carbonyl (C=O) groups is 4. The summed E-state index contributed by atoms with van der Waals surface area (Å²) in [5.41, 5.74) is 15.2. The number of hydrogen-bond donors (Lipinski definition) is 0. The molecule has 0 unspecified atom stereocenters. The molecule has 0 saturated carbocycles. The van der Waals surface area contributed by atoms with Gasteiger partial charge in [0, 0.05) is 49.6 Å². The van der Waals surface area contributed by atoms with Crippen molar-refractivity contribution in [1.29, 1.82) is 10.5 Å². The normalized spacial score (nSPS) is 11.1. The largest absolute Gasteiger partial charge is 0.457 e. The molecule has 0 fully saturated rings. The molecule has 0 atom stereocenters. The van der Waals surface area contributed by atoms with Gasteiger partial charge in [0.15, 0.2) is 23.2 Å². The second kappa shape index (κ2) is 31.3. The van der Waals surface area contributed by atoms with Crippen LogP contribution in [-0.4, -0.2) is 48.0 Å². The molecule has 0 bridgehead atoms. The van der Waals surface area contributed by atoms with E-state index in [0.717, 1.165) is 27.8 Å². The van der Waals surface area contributed by atoms with Gasteiger partial charge in [0.05, 0.1) is 74.2 Å². The topological polar surface area (TPSA) is 206 Å². The Morgan fingerprint density at radius 3 is 0.956 bits per heavy atom. The van der Waals surface area contributed by atoms with Crippen molar-refractivity contribution < 1.29 is 38.1 Å². The summed E-state index contributed by atoms with van der Waals surface area (Å²) in [5.74, 6) is -1.54. The first-order valence-electron chi connectivity index (χ1n) is 36.6. The van der Waals surface area contributed by atoms with Crippen LogP contribution in [0.5, 0.6) is 0 Å². The first kappa shape index (κ1) is 71.0. The number of hydrogen-bond acceptors (Lipinski definition) is 13. The molecule has 16 nitrogen and oxygen atoms in total. The van der Waals surface area contributed by atoms with Gasteiger partial charge in [0.25, 0.3) is 0 Å². The first-order chi connectivity index (χ1) is 56.0. The molecule has 0 radical (unpaired) electrons. The van der Waals surface area contributed by atoms with Gasteiger partial charge in [-0.15, -0.1) is 0 Å². The zero-order valence-corrected chi connectivity index (χ0v) is 60.8. The molecule has 0 N–H and O–H groups in total. The van der Waals surface area contributed by atoms with Gasteiger partial charge in [-0.2, -0.15) is 10.5 Å². The number of esters is 4. The van der Waals surface area contributed by atoms with Gasteiger partial charge in [-0.05, 0) is 183 Å². The minimum Gasteiger partial charge on any atom is -0.457 e. The predicted octanol–water partition coefficient (Wildman–Crippen LogP) is 21.8. The fourth-order valence-electron chi connectivity index (χ4n) is 14.5. The SMILES string of the molecule is [C-]#[N+]c1cccc(-c2ccc(-n3c4ccc(C(=O)OCc5ccccc5)cc4c4cc(C(=O)OCc5ccccc5)ccc43)cc2-c2nc(-c3ccccc3-c3cccc(C#N)c3)nc(-c3cc(-n4c5ccc(C(=O)OCc6ccccc6)cc5c5cc(C(=O)OCc6ccccc6)ccc54)ccc3-c3cccc(C#N)c3)n2)c1. The highest BCUT2D eigenvalue weighted by molar-refractivity contribution is 6.15. The number of ether oxygens (including phenoxy) is 4. The zero-order chi connectivity index (χ0) is 77.6. The smallest absolute Gasteiger partial charge is 0.338 e. The van der Waals surface area contributed by atoms with Crippen molar-refractivity contribution in [3.63, 3.8) is 0 Å². The van der Waals surface area contributed by atoms with Crippen LogP contribution in [0, 0.1) is 29.2 Å². The van der Waals surface area contributed by atoms with Gasteiger partial charge >= 0.3 is 23.9 Å². The van der Waals surface area contributed by atoms with E-state index in [9.17, 15) is 29.7 Å². The third-order valence-corrected chi connectivity index (χ3v) is 20.0. The van der Waals surface area contributed by atoms with Crippen LogP contribution in [0.4, 0.5) is 5.69 Å². The van der Waals surface area contributed by atoms with Crippen LogP contribution in [-0.2, 0) is 45.4 Å². The molecule has 0 aliphatic rings. The molecule has 16 heteroatoms. The van der Waals surface area contributed by atoms with E-state index in [1.165, 1.54) is 0 Å². The van der Waals surface area contributed by atoms with Crippen molar-refractivity contribution in [2.24, 2.45) is 0 Å². The number of nitrogens with zero attached hydrogens (tertiary/aromatic N) is 8. The molecule has 3 aromatic heterocycles. The van der Waals surface area contributed by atoms with Gasteiger partial charge in [-0.1, -0.05) is 200 Å². The Kier molecular flexibility index (Phi) is 19.5. The van der Waals surface area contributed by atoms with Gasteiger partial charge in [0.2, 0.25) is 0 Å². The molecular formula is C98H62N8O8. The average molecular weight is 1480 g/mol. The van der Waals surface area contributed by atoms with E-state index < -0.39 is 23.9 Å². The van der Waals surface area contributed by atoms with E-state index >= 15 is 0 Å². The number of nitriles is 2. The third kappa shape index (κ3) is 14.4. The lowest BCUT2D eigenvalue weighted by Crippen LogP contribution is -2.06. The quantitative estimate of drug-likeness (QED) is 0.0396. The molecule has 0 spiro atoms. The molecule has 14 aromatic carbocycles. The summed E-state index contributed by atoms with van der Waals surface area (Å²) in [6.45, 7) is 8.42. The van der Waals surface area contributed by atoms with Crippen molar-refractivity contribution >= 4 is 73.2 Å². The van der Waals surface area contributed by atoms with E-state index in [-0.39, 0.29) is 66.2 Å². The van der Waals surface area contributed by atoms with Crippen LogP contribution in [0.25, 0.3) is 127 Å². The molecule has 0 saturated heterocycles. The second-order valence-corrected chi connectivity index (χ2v) is 27.2. The van der Waals surface area contributed by atoms with E-state index in [4.69, 9.17) is 40.5 Å². The number of benzene rings is 14. The number of rotatable bonds is 20. The summed E-state index contributed by atoms with van der Waals surface area (Å²) in [4.78, 5) is 77.3. The summed E-state index contributed by atoms with van der Waals surface area (Å²) >= 11 is 0. The van der Waals surface area contributed by atoms with Crippen molar-refractivity contribution in [2.45, 2.75) is 26.4 Å². The van der Waals surface area contributed by atoms with E-state index in [1.54, 1.807) is 72.8 Å². The fourth-order valence-corrected chi connectivity index (χ4v) is 14.5. The van der Waals surface area contributed by atoms with E-state index in [2.05, 4.69) is 21.6 Å². The monoisotopic (exact) mass is 1480 g/mol. The Morgan fingerprint density at radius 1 is 0.307 bits per heavy atom. The van der Waals surface area contributed by atoms with Crippen molar-refractivity contribution in [3.05, 3.63) is 395 Å². The lowest BCUT2D eigenvalue weighted by Gasteiger charge is -2.18. The standard InChI is InChI=1S/C98H62N8O8/c1-101-75-32-18-31-70(49-75)80-42-40-77(106-90-45-37-73(97(109)113-60-64-23-10-4-11-24-64)52-84(90)85-53-74(38-46-91(85)106)98(110)114-61-65-25-12-5-13-26-65)55-87(80)94-103-92(81-34-15-14-33-78(81)68-29-16-27-66(47-68)56-99)102-93(104-94)86-54-76(39-41-79(86)69-30-17-28-67(48-69)57-100)105-88-43-35-71(95(107)111-58-62-19-6-2-7-20-62)50-82(88)83-51-72(36-44-89(83)105)96(108)112-59-63-21-8-3-9-22-63/h2-55H,58-61H2. The first-order valence-corrected chi connectivity index (χ1v) is 36.6. The molecule has 0 aliphatic heterocycles. The van der Waals surface area contributed by atoms with Crippen LogP contribution in [0.3, 0.4) is 0 Å². The molecule has 0 aliphatic carbocycles. The second-order valence-electron chi connectivity index (χ2n) is 27.2. The zero-order valence-electron chi connectivity index (χ0n) is 60.8. The molecule has 114 heavy (non-hydrogen) atoms. The maximum absolute atomic E-state index is 14.2. The number of aromatic nitrogens is 5. The Balaban J connectivity index is 0.890. The summed E-state index contributed by atoms with van der Waals surface area (Å²) in [6.07, 6.45) is 0. The van der Waals surface area contributed by atoms with Crippen molar-refractivity contribution in [1.82, 2.24) is 24.1 Å². The Hall–Kier alpha value is -16.0. The number of fused-ring (bicyclic) bond motifs is 6. The molecule has 542 valence electrons. The summed E-state index contributed by atoms with van der Waals surface area (Å²) in [7, 11) is 0. The molecule has 3 heterocycles. The number of carbonyl (C=O) groups excluding carboxylic acids is 4. The van der Waals surface area contributed by atoms with Crippen molar-refractivity contribution in [2.75, 3.05) is 0 Å². The Morgan fingerprint density at radius 2 is 0.614 bits per heavy atom. The van der Waals surface area contributed by atoms with Crippen LogP contribution in [0.15, 0.2) is 328 Å². The van der Waals surface area contributed by atoms with E-state index in [0.29, 0.717) is 116 Å². The highest BCUT2D eigenvalue weighted by atomic mass is 16.5. The highest BCUT2D eigenvalue weighted by Crippen LogP contribution is 2.44. The highest BCUT2D eigenvalue weighted by Gasteiger charge is 2.27. The van der Waals surface area contributed by atoms with Crippen molar-refractivity contribution in [3.8, 4) is 91.1 Å². The summed E-state index contributed by atoms with van der Waals surface area (Å²) in [5, 5.41) is 23.4. The average Bonchev–Trinajstić information content (AvgIpc) is 1.55. The minimum absolute atomic E-state index is 0.0445. The van der Waals surface area contributed by atoms with Gasteiger partial charge < -0.3 is 28.1 Å². The van der Waals surface area contributed by atoms with Gasteiger partial charge in [-0.3, -0.25) is 0 Å². The summed E-state index contributed by atoms with van der Waals surface area (Å²) in [6, 6.07) is 105. The van der Waals surface area contributed by atoms with Crippen LogP contribution >= 0.6 is 0 Å². The molecule has 17 rings (SSSR count). The molecule has 0 amide bonds. The maximum atomic E-state index is 14.2. The lowest BCUT2D eigenvalue weighted by atomic mass is 9.95. The fraction of sp³-hybridized carbons (Fsp3) is 0.0408. The Labute approximate surface area is 654 Å². The summed E-state index contributed by atoms with van der Waals surface area (Å²) < 4.78 is 27.7. The van der Waals surface area contributed by atoms with Gasteiger partial charge in [0.1, 0.15) is 26.4 Å². The lowest BCUT2D eigenvalue weighted by molar-refractivity contribution is 0.0464. The molecular weight excluding hydrogens is 1420 g/mol. The minimum atomic E-state index is -0.546. The van der Waals surface area contributed by atoms with Crippen LogP contribution < -0.4 is 0 Å². The Bertz CT molecular complexity index is 6240.